The molecule has 0 bridgehead atoms. The number of pyridine rings is 2. The van der Waals surface area contributed by atoms with E-state index in [0.717, 1.165) is 22.9 Å². The third-order valence-corrected chi connectivity index (χ3v) is 6.10. The molecule has 154 valence electrons. The Hall–Kier alpha value is -3.29. The Balaban J connectivity index is 1.38. The normalized spacial score (nSPS) is 11.3. The van der Waals surface area contributed by atoms with Crippen LogP contribution >= 0.6 is 22.9 Å². The first-order valence-electron chi connectivity index (χ1n) is 9.76. The quantitative estimate of drug-likeness (QED) is 0.358. The largest absolute Gasteiger partial charge is 0.494 e. The zero-order chi connectivity index (χ0) is 21.2. The Bertz CT molecular complexity index is 1430. The predicted octanol–water partition coefficient (Wildman–Crippen LogP) is 5.26. The number of fused-ring (bicyclic) bond motifs is 2. The fraction of sp³-hybridized carbons (Fsp3) is 0.130. The Morgan fingerprint density at radius 2 is 2.00 bits per heavy atom. The number of nitrogens with one attached hydrogen (secondary N) is 1. The number of benzene rings is 1. The van der Waals surface area contributed by atoms with Gasteiger partial charge in [0.1, 0.15) is 11.4 Å². The molecule has 6 nitrogen and oxygen atoms in total. The third-order valence-electron chi connectivity index (χ3n) is 4.95. The lowest BCUT2D eigenvalue weighted by Crippen LogP contribution is -2.11. The highest BCUT2D eigenvalue weighted by Crippen LogP contribution is 2.28. The number of hydrogen-bond donors (Lipinski definition) is 1. The van der Waals surface area contributed by atoms with Gasteiger partial charge in [0.15, 0.2) is 5.82 Å². The first-order chi connectivity index (χ1) is 15.2. The lowest BCUT2D eigenvalue weighted by atomic mass is 10.1. The molecule has 0 unspecified atom stereocenters. The van der Waals surface area contributed by atoms with E-state index < -0.39 is 0 Å². The van der Waals surface area contributed by atoms with Gasteiger partial charge in [0.2, 0.25) is 0 Å². The van der Waals surface area contributed by atoms with Crippen molar-refractivity contribution in [2.75, 3.05) is 6.61 Å². The van der Waals surface area contributed by atoms with E-state index in [2.05, 4.69) is 19.9 Å². The zero-order valence-corrected chi connectivity index (χ0v) is 17.9. The van der Waals surface area contributed by atoms with E-state index in [-0.39, 0.29) is 5.56 Å². The summed E-state index contributed by atoms with van der Waals surface area (Å²) in [6, 6.07) is 11.3. The number of hydrogen-bond acceptors (Lipinski definition) is 6. The zero-order valence-electron chi connectivity index (χ0n) is 16.3. The summed E-state index contributed by atoms with van der Waals surface area (Å²) in [6.45, 7) is 0.512. The van der Waals surface area contributed by atoms with Gasteiger partial charge >= 0.3 is 0 Å². The highest BCUT2D eigenvalue weighted by atomic mass is 35.5. The molecule has 0 aliphatic carbocycles. The second-order valence-corrected chi connectivity index (χ2v) is 8.41. The summed E-state index contributed by atoms with van der Waals surface area (Å²) in [5, 5.41) is 3.81. The summed E-state index contributed by atoms with van der Waals surface area (Å²) < 4.78 is 6.91. The van der Waals surface area contributed by atoms with Crippen molar-refractivity contribution in [2.24, 2.45) is 0 Å². The number of aryl methyl sites for hydroxylation is 1. The van der Waals surface area contributed by atoms with Crippen LogP contribution in [0.5, 0.6) is 5.75 Å². The molecule has 4 heterocycles. The summed E-state index contributed by atoms with van der Waals surface area (Å²) in [7, 11) is 0. The molecule has 0 aliphatic heterocycles. The number of H-pyrrole nitrogens is 1. The maximum atomic E-state index is 12.8. The van der Waals surface area contributed by atoms with Crippen molar-refractivity contribution < 1.29 is 4.74 Å². The molecule has 5 rings (SSSR count). The number of aromatic nitrogens is 4. The molecule has 0 atom stereocenters. The monoisotopic (exact) mass is 448 g/mol. The van der Waals surface area contributed by atoms with E-state index in [1.807, 2.05) is 29.6 Å². The van der Waals surface area contributed by atoms with E-state index in [9.17, 15) is 4.79 Å². The summed E-state index contributed by atoms with van der Waals surface area (Å²) in [6.07, 6.45) is 7.06. The van der Waals surface area contributed by atoms with E-state index in [4.69, 9.17) is 16.3 Å². The molecule has 0 amide bonds. The topological polar surface area (TPSA) is 80.8 Å². The highest BCUT2D eigenvalue weighted by molar-refractivity contribution is 7.17. The molecule has 1 aromatic carbocycles. The van der Waals surface area contributed by atoms with E-state index in [1.54, 1.807) is 42.1 Å². The van der Waals surface area contributed by atoms with Crippen molar-refractivity contribution in [3.05, 3.63) is 81.3 Å². The minimum absolute atomic E-state index is 0.281. The fourth-order valence-corrected chi connectivity index (χ4v) is 4.38. The number of thiophene rings is 1. The average molecular weight is 449 g/mol. The van der Waals surface area contributed by atoms with Crippen molar-refractivity contribution in [1.82, 2.24) is 19.9 Å². The van der Waals surface area contributed by atoms with Gasteiger partial charge in [0.05, 0.1) is 27.2 Å². The molecule has 4 aromatic heterocycles. The third kappa shape index (κ3) is 4.15. The minimum Gasteiger partial charge on any atom is -0.494 e. The van der Waals surface area contributed by atoms with Crippen molar-refractivity contribution in [2.45, 2.75) is 12.8 Å². The molecular weight excluding hydrogens is 432 g/mol. The van der Waals surface area contributed by atoms with Gasteiger partial charge in [-0.25, -0.2) is 4.98 Å². The number of nitrogens with zero attached hydrogens (tertiary/aromatic N) is 3. The van der Waals surface area contributed by atoms with Crippen LogP contribution in [0.1, 0.15) is 12.0 Å². The maximum Gasteiger partial charge on any atom is 0.259 e. The molecule has 0 radical (unpaired) electrons. The van der Waals surface area contributed by atoms with Crippen LogP contribution in [0.25, 0.3) is 32.5 Å². The van der Waals surface area contributed by atoms with Crippen molar-refractivity contribution in [1.29, 1.82) is 0 Å². The van der Waals surface area contributed by atoms with Gasteiger partial charge in [-0.2, -0.15) is 0 Å². The van der Waals surface area contributed by atoms with Gasteiger partial charge in [0, 0.05) is 24.7 Å². The molecular formula is C23H17ClN4O2S. The number of ether oxygens (including phenoxy) is 1. The molecule has 8 heteroatoms. The number of aromatic amines is 1. The molecule has 5 aromatic rings. The van der Waals surface area contributed by atoms with Gasteiger partial charge < -0.3 is 9.72 Å². The second kappa shape index (κ2) is 8.45. The molecule has 0 aliphatic rings. The molecule has 0 fully saturated rings. The van der Waals surface area contributed by atoms with Crippen molar-refractivity contribution >= 4 is 43.9 Å². The van der Waals surface area contributed by atoms with Gasteiger partial charge in [0.25, 0.3) is 5.56 Å². The summed E-state index contributed by atoms with van der Waals surface area (Å²) in [5.41, 5.74) is 1.95. The smallest absolute Gasteiger partial charge is 0.259 e. The Labute approximate surface area is 186 Å². The predicted molar refractivity (Wildman–Crippen MR) is 124 cm³/mol. The van der Waals surface area contributed by atoms with Crippen LogP contribution < -0.4 is 10.3 Å². The van der Waals surface area contributed by atoms with Gasteiger partial charge in [-0.05, 0) is 59.5 Å². The minimum atomic E-state index is -0.281. The fourth-order valence-electron chi connectivity index (χ4n) is 3.39. The van der Waals surface area contributed by atoms with Crippen LogP contribution in [0.3, 0.4) is 0 Å². The van der Waals surface area contributed by atoms with Crippen LogP contribution in [0.4, 0.5) is 0 Å². The molecule has 31 heavy (non-hydrogen) atoms. The van der Waals surface area contributed by atoms with Crippen LogP contribution in [0.2, 0.25) is 5.02 Å². The summed E-state index contributed by atoms with van der Waals surface area (Å²) in [4.78, 5) is 28.6. The molecule has 0 saturated carbocycles. The van der Waals surface area contributed by atoms with Crippen LogP contribution in [0, 0.1) is 0 Å². The van der Waals surface area contributed by atoms with Crippen LogP contribution in [-0.2, 0) is 6.42 Å². The van der Waals surface area contributed by atoms with Crippen molar-refractivity contribution in [3.8, 4) is 17.3 Å². The highest BCUT2D eigenvalue weighted by Gasteiger charge is 2.13. The number of rotatable bonds is 6. The van der Waals surface area contributed by atoms with Gasteiger partial charge in [-0.15, -0.1) is 11.3 Å². The van der Waals surface area contributed by atoms with E-state index >= 15 is 0 Å². The first kappa shape index (κ1) is 19.7. The standard InChI is InChI=1S/C23H17ClN4O2S/c24-18-12-16(30-8-1-2-14-3-6-25-7-4-14)11-17-21(18)27-22(28-23(17)29)19-10-15-5-9-31-20(15)13-26-19/h3-7,9-13H,1-2,8H2,(H,27,28,29). The Morgan fingerprint density at radius 1 is 1.13 bits per heavy atom. The SMILES string of the molecule is O=c1[nH]c(-c2cc3ccsc3cn2)nc2c(Cl)cc(OCCCc3ccncc3)cc12. The number of halogens is 1. The van der Waals surface area contributed by atoms with Crippen LogP contribution in [-0.4, -0.2) is 26.5 Å². The Morgan fingerprint density at radius 3 is 2.87 bits per heavy atom. The lowest BCUT2D eigenvalue weighted by Gasteiger charge is -2.09. The summed E-state index contributed by atoms with van der Waals surface area (Å²) in [5.74, 6) is 0.934. The summed E-state index contributed by atoms with van der Waals surface area (Å²) >= 11 is 8.07. The lowest BCUT2D eigenvalue weighted by molar-refractivity contribution is 0.311. The first-order valence-corrected chi connectivity index (χ1v) is 11.0. The maximum absolute atomic E-state index is 12.8. The average Bonchev–Trinajstić information content (AvgIpc) is 3.26. The van der Waals surface area contributed by atoms with Crippen molar-refractivity contribution in [3.63, 3.8) is 0 Å². The van der Waals surface area contributed by atoms with Gasteiger partial charge in [-0.1, -0.05) is 11.6 Å². The van der Waals surface area contributed by atoms with Gasteiger partial charge in [-0.3, -0.25) is 14.8 Å². The van der Waals surface area contributed by atoms with E-state index in [0.29, 0.717) is 39.8 Å². The van der Waals surface area contributed by atoms with Crippen LogP contribution in [0.15, 0.2) is 65.2 Å². The molecule has 0 saturated heterocycles. The van der Waals surface area contributed by atoms with E-state index in [1.165, 1.54) is 5.56 Å². The molecule has 0 spiro atoms. The second-order valence-electron chi connectivity index (χ2n) is 7.05. The molecule has 1 N–H and O–H groups in total. The Kier molecular flexibility index (Phi) is 5.36.